The van der Waals surface area contributed by atoms with Crippen molar-refractivity contribution >= 4 is 91.6 Å². The van der Waals surface area contributed by atoms with Crippen LogP contribution in [-0.2, 0) is 22.7 Å². The van der Waals surface area contributed by atoms with Gasteiger partial charge in [0, 0.05) is 124 Å². The van der Waals surface area contributed by atoms with Gasteiger partial charge in [0.25, 0.3) is 40.9 Å². The van der Waals surface area contributed by atoms with E-state index in [2.05, 4.69) is 33.5 Å². The van der Waals surface area contributed by atoms with E-state index in [1.165, 1.54) is 41.3 Å². The maximum absolute atomic E-state index is 13.7. The molecule has 4 fully saturated rings. The van der Waals surface area contributed by atoms with E-state index in [1.807, 2.05) is 18.7 Å². The molecule has 4 atom stereocenters. The first-order chi connectivity index (χ1) is 42.4. The summed E-state index contributed by atoms with van der Waals surface area (Å²) in [7, 11) is 0. The highest BCUT2D eigenvalue weighted by Crippen LogP contribution is 2.34. The number of carbonyl (C=O) groups is 6. The summed E-state index contributed by atoms with van der Waals surface area (Å²) in [5.41, 5.74) is 3.14. The van der Waals surface area contributed by atoms with Crippen LogP contribution in [0.4, 0.5) is 20.2 Å². The molecule has 0 unspecified atom stereocenters. The molecule has 0 radical (unpaired) electrons. The highest BCUT2D eigenvalue weighted by molar-refractivity contribution is 6.46. The number of Topliss-reactive ketones (excluding diaryl/α,β-unsaturated/α-hetero) is 2. The zero-order valence-corrected chi connectivity index (χ0v) is 50.7. The number of aromatic amines is 1. The zero-order valence-electron chi connectivity index (χ0n) is 49.2. The molecular formula is C64H74Cl2F2N12O11. The Labute approximate surface area is 534 Å². The minimum Gasteiger partial charge on any atom is -0.404 e. The van der Waals surface area contributed by atoms with Gasteiger partial charge < -0.3 is 35.3 Å². The van der Waals surface area contributed by atoms with Crippen molar-refractivity contribution in [3.8, 4) is 5.75 Å². The number of nitro groups is 2. The molecule has 7 aromatic rings. The summed E-state index contributed by atoms with van der Waals surface area (Å²) in [4.78, 5) is 117. The molecule has 484 valence electrons. The summed E-state index contributed by atoms with van der Waals surface area (Å²) < 4.78 is 27.9. The summed E-state index contributed by atoms with van der Waals surface area (Å²) in [5.74, 6) is 7.34. The van der Waals surface area contributed by atoms with Crippen molar-refractivity contribution in [3.63, 3.8) is 0 Å². The normalized spacial score (nSPS) is 18.3. The van der Waals surface area contributed by atoms with Gasteiger partial charge in [0.15, 0.2) is 0 Å². The van der Waals surface area contributed by atoms with Gasteiger partial charge in [0.05, 0.1) is 53.7 Å². The number of H-pyrrole nitrogens is 1. The second-order valence-electron chi connectivity index (χ2n) is 22.7. The number of non-ortho nitro benzene ring substituents is 1. The lowest BCUT2D eigenvalue weighted by Gasteiger charge is -2.44. The summed E-state index contributed by atoms with van der Waals surface area (Å²) in [6.45, 7) is 14.0. The number of nitrogens with one attached hydrogen (secondary N) is 1. The lowest BCUT2D eigenvalue weighted by atomic mass is 10.0. The number of aromatic nitrogens is 2. The third-order valence-electron chi connectivity index (χ3n) is 16.6. The van der Waals surface area contributed by atoms with Crippen molar-refractivity contribution in [2.45, 2.75) is 105 Å². The Kier molecular flexibility index (Phi) is 22.8. The standard InChI is InChI=1S/C28H31ClFN5O3.C28H30ClFN4O3.C6H5N3O5.2CH4/c1-17-14-34(18(2)13-33(17)15-19-5-7-20(30)8-6-19)27(37)22-11-21-23(16-35(31)25(21)12-24(22)29)26(36)28(38)32-9-3-4-10-32;1-17-15-34(18(2)14-33(17)16-19-5-7-20(30)8-6-19)27(36)22-11-21-23(13-31-25(21)12-24(22)29)26(35)28(37)32-9-3-4-10-32;7-14-6-2-1-4(8(10)11)3-5(6)9(12)13;;/h5-8,11-12,16-18H,3-4,9-10,13-15,31H2,1-2H3;5-8,11-13,17-18,31H,3-4,9-10,14-16H2,1-2H3;1-3H,7H2;2*1H4/t2*17-,18+;;;/m00.../s1. The number of likely N-dealkylation sites (tertiary alicyclic amines) is 2. The summed E-state index contributed by atoms with van der Waals surface area (Å²) in [6, 6.07) is 22.2. The molecule has 0 spiro atoms. The largest absolute Gasteiger partial charge is 0.404 e. The molecule has 0 saturated carbocycles. The number of nitrogens with two attached hydrogens (primary N) is 2. The number of fused-ring (bicyclic) bond motifs is 2. The number of nitrogen functional groups attached to an aromatic ring is 1. The van der Waals surface area contributed by atoms with Gasteiger partial charge in [0.2, 0.25) is 5.75 Å². The van der Waals surface area contributed by atoms with E-state index >= 15 is 0 Å². The lowest BCUT2D eigenvalue weighted by Crippen LogP contribution is -2.57. The quantitative estimate of drug-likeness (QED) is 0.0318. The summed E-state index contributed by atoms with van der Waals surface area (Å²) >= 11 is 13.1. The zero-order chi connectivity index (χ0) is 64.1. The van der Waals surface area contributed by atoms with E-state index in [-0.39, 0.29) is 95.0 Å². The van der Waals surface area contributed by atoms with Crippen molar-refractivity contribution in [2.24, 2.45) is 5.90 Å². The smallest absolute Gasteiger partial charge is 0.320 e. The van der Waals surface area contributed by atoms with Crippen LogP contribution in [0.1, 0.15) is 121 Å². The summed E-state index contributed by atoms with van der Waals surface area (Å²) in [5, 5.41) is 22.1. The first-order valence-electron chi connectivity index (χ1n) is 28.9. The summed E-state index contributed by atoms with van der Waals surface area (Å²) in [6.07, 6.45) is 6.48. The topological polar surface area (TPSA) is 290 Å². The van der Waals surface area contributed by atoms with Crippen molar-refractivity contribution in [2.75, 3.05) is 58.2 Å². The second-order valence-corrected chi connectivity index (χ2v) is 23.6. The molecule has 0 bridgehead atoms. The molecule has 27 heteroatoms. The van der Waals surface area contributed by atoms with Crippen LogP contribution >= 0.6 is 23.2 Å². The Hall–Kier alpha value is -8.88. The number of halogens is 4. The van der Waals surface area contributed by atoms with Crippen LogP contribution in [0.15, 0.2) is 103 Å². The first kappa shape index (κ1) is 69.6. The van der Waals surface area contributed by atoms with Crippen LogP contribution in [0, 0.1) is 31.9 Å². The van der Waals surface area contributed by atoms with Crippen LogP contribution < -0.4 is 16.6 Å². The number of carbonyl (C=O) groups excluding carboxylic acids is 6. The molecule has 91 heavy (non-hydrogen) atoms. The molecule has 4 saturated heterocycles. The number of nitro benzene ring substituents is 2. The maximum atomic E-state index is 13.7. The molecule has 6 heterocycles. The lowest BCUT2D eigenvalue weighted by molar-refractivity contribution is -0.394. The molecule has 0 aliphatic carbocycles. The Morgan fingerprint density at radius 3 is 1.49 bits per heavy atom. The van der Waals surface area contributed by atoms with Crippen molar-refractivity contribution in [3.05, 3.63) is 179 Å². The monoisotopic (exact) mass is 1290 g/mol. The van der Waals surface area contributed by atoms with Gasteiger partial charge >= 0.3 is 5.69 Å². The van der Waals surface area contributed by atoms with Gasteiger partial charge in [0.1, 0.15) is 11.6 Å². The fraction of sp³-hybridized carbons (Fsp3) is 0.375. The molecule has 4 aliphatic rings. The minimum absolute atomic E-state index is 0. The van der Waals surface area contributed by atoms with Crippen molar-refractivity contribution in [1.82, 2.24) is 39.1 Å². The van der Waals surface area contributed by atoms with Gasteiger partial charge in [-0.15, -0.1) is 0 Å². The maximum Gasteiger partial charge on any atom is 0.320 e. The highest BCUT2D eigenvalue weighted by atomic mass is 35.5. The fourth-order valence-corrected chi connectivity index (χ4v) is 12.2. The number of rotatable bonds is 13. The van der Waals surface area contributed by atoms with Crippen molar-refractivity contribution in [1.29, 1.82) is 0 Å². The van der Waals surface area contributed by atoms with Gasteiger partial charge in [-0.3, -0.25) is 63.5 Å². The molecule has 5 N–H and O–H groups in total. The van der Waals surface area contributed by atoms with Crippen LogP contribution in [0.25, 0.3) is 21.8 Å². The molecule has 4 aliphatic heterocycles. The van der Waals surface area contributed by atoms with Crippen LogP contribution in [-0.4, -0.2) is 161 Å². The van der Waals surface area contributed by atoms with Crippen LogP contribution in [0.2, 0.25) is 10.0 Å². The van der Waals surface area contributed by atoms with E-state index < -0.39 is 44.6 Å². The van der Waals surface area contributed by atoms with Crippen LogP contribution in [0.5, 0.6) is 5.75 Å². The first-order valence-corrected chi connectivity index (χ1v) is 29.6. The van der Waals surface area contributed by atoms with E-state index in [9.17, 15) is 57.8 Å². The number of piperazine rings is 2. The Bertz CT molecular complexity index is 3870. The predicted molar refractivity (Wildman–Crippen MR) is 342 cm³/mol. The number of ketones is 2. The average molecular weight is 1300 g/mol. The number of benzene rings is 5. The molecule has 23 nitrogen and oxygen atoms in total. The fourth-order valence-electron chi connectivity index (χ4n) is 11.7. The molecule has 2 aromatic heterocycles. The third-order valence-corrected chi connectivity index (χ3v) is 17.3. The predicted octanol–water partition coefficient (Wildman–Crippen LogP) is 10.2. The highest BCUT2D eigenvalue weighted by Gasteiger charge is 2.37. The Balaban J connectivity index is 0.000000210. The van der Waals surface area contributed by atoms with Gasteiger partial charge in [-0.25, -0.2) is 8.78 Å². The van der Waals surface area contributed by atoms with Crippen molar-refractivity contribution < 1.29 is 52.2 Å². The van der Waals surface area contributed by atoms with Crippen LogP contribution in [0.3, 0.4) is 0 Å². The van der Waals surface area contributed by atoms with Gasteiger partial charge in [-0.2, -0.15) is 5.90 Å². The SMILES string of the molecule is C.C.C[C@@H]1CN(Cc2ccc(F)cc2)[C@@H](C)CN1C(=O)c1cc2c(C(=O)C(=O)N3CCCC3)c[nH]c2cc1Cl.C[C@@H]1CN(Cc2ccc(F)cc2)[C@@H](C)CN1C(=O)c1cc2c(C(=O)C(=O)N3CCCC3)cn(N)c2cc1Cl.NOc1ccc([N+](=O)[O-])cc1[N+](=O)[O-]. The average Bonchev–Trinajstić information content (AvgIpc) is 1.70. The van der Waals surface area contributed by atoms with E-state index in [1.54, 1.807) is 63.2 Å². The minimum atomic E-state index is -0.810. The third kappa shape index (κ3) is 15.5. The Morgan fingerprint density at radius 1 is 0.593 bits per heavy atom. The number of hydrogen-bond donors (Lipinski definition) is 3. The molecule has 4 amide bonds. The number of nitrogens with zero attached hydrogens (tertiary/aromatic N) is 9. The van der Waals surface area contributed by atoms with E-state index in [0.29, 0.717) is 92.8 Å². The van der Waals surface area contributed by atoms with Gasteiger partial charge in [-0.05, 0) is 119 Å². The molecular weight excluding hydrogens is 1220 g/mol. The van der Waals surface area contributed by atoms with E-state index in [0.717, 1.165) is 55.0 Å². The Morgan fingerprint density at radius 2 is 1.04 bits per heavy atom. The molecule has 11 rings (SSSR count). The van der Waals surface area contributed by atoms with E-state index in [4.69, 9.17) is 34.9 Å². The van der Waals surface area contributed by atoms with Gasteiger partial charge in [-0.1, -0.05) is 62.3 Å². The number of amides is 4. The number of hydrogen-bond acceptors (Lipinski definition) is 15. The molecule has 5 aromatic carbocycles. The second kappa shape index (κ2) is 29.8.